The highest BCUT2D eigenvalue weighted by atomic mass is 32.2. The molecule has 2 aromatic rings. The Kier molecular flexibility index (Phi) is 7.77. The Morgan fingerprint density at radius 3 is 2.28 bits per heavy atom. The second kappa shape index (κ2) is 10.6. The van der Waals surface area contributed by atoms with Gasteiger partial charge in [0.1, 0.15) is 17.9 Å². The van der Waals surface area contributed by atoms with Crippen molar-refractivity contribution < 1.29 is 40.8 Å². The van der Waals surface area contributed by atoms with Crippen LogP contribution in [0, 0.1) is 18.6 Å². The van der Waals surface area contributed by atoms with Crippen LogP contribution in [0.25, 0.3) is 0 Å². The number of anilines is 2. The Bertz CT molecular complexity index is 1360. The number of amides is 2. The maximum Gasteiger partial charge on any atom is 0.414 e. The van der Waals surface area contributed by atoms with Gasteiger partial charge in [0.05, 0.1) is 16.6 Å². The van der Waals surface area contributed by atoms with Crippen LogP contribution in [0.4, 0.5) is 29.7 Å². The molecule has 0 aromatic heterocycles. The Hall–Kier alpha value is -3.45. The summed E-state index contributed by atoms with van der Waals surface area (Å²) >= 11 is 0. The summed E-state index contributed by atoms with van der Waals surface area (Å²) in [7, 11) is -4.54. The minimum atomic E-state index is -4.54. The highest BCUT2D eigenvalue weighted by molar-refractivity contribution is 7.85. The summed E-state index contributed by atoms with van der Waals surface area (Å²) < 4.78 is 74.4. The minimum Gasteiger partial charge on any atom is -0.447 e. The number of aryl methyl sites for hydroxylation is 1. The number of cyclic esters (lactones) is 1. The van der Waals surface area contributed by atoms with Crippen LogP contribution in [0.3, 0.4) is 0 Å². The summed E-state index contributed by atoms with van der Waals surface area (Å²) in [5.41, 5.74) is -0.0632. The number of carbonyl (C=O) groups is 2. The van der Waals surface area contributed by atoms with Gasteiger partial charge in [0.2, 0.25) is 0 Å². The third-order valence-electron chi connectivity index (χ3n) is 6.44. The lowest BCUT2D eigenvalue weighted by Gasteiger charge is -2.37. The molecule has 13 heteroatoms. The molecule has 1 unspecified atom stereocenters. The zero-order valence-electron chi connectivity index (χ0n) is 22.1. The average Bonchev–Trinajstić information content (AvgIpc) is 3.17. The third-order valence-corrected chi connectivity index (χ3v) is 7.39. The fourth-order valence-electron chi connectivity index (χ4n) is 4.73. The predicted octanol–water partition coefficient (Wildman–Crippen LogP) is 4.14. The number of piperazine rings is 1. The lowest BCUT2D eigenvalue weighted by molar-refractivity contribution is 0.0240. The maximum absolute atomic E-state index is 15.3. The molecule has 2 saturated heterocycles. The van der Waals surface area contributed by atoms with Gasteiger partial charge < -0.3 is 19.3 Å². The molecule has 2 heterocycles. The fraction of sp³-hybridized carbons (Fsp3) is 0.462. The van der Waals surface area contributed by atoms with Crippen molar-refractivity contribution in [3.05, 3.63) is 53.1 Å². The van der Waals surface area contributed by atoms with Crippen LogP contribution in [0.5, 0.6) is 0 Å². The van der Waals surface area contributed by atoms with Crippen LogP contribution in [0.2, 0.25) is 0 Å². The molecule has 4 rings (SSSR count). The number of nitrogens with zero attached hydrogens (tertiary/aromatic N) is 3. The number of halogens is 2. The summed E-state index contributed by atoms with van der Waals surface area (Å²) in [6.07, 6.45) is -1.37. The maximum atomic E-state index is 15.3. The molecule has 39 heavy (non-hydrogen) atoms. The van der Waals surface area contributed by atoms with E-state index in [1.165, 1.54) is 21.9 Å². The van der Waals surface area contributed by atoms with E-state index in [-0.39, 0.29) is 61.0 Å². The van der Waals surface area contributed by atoms with Gasteiger partial charge in [-0.2, -0.15) is 8.42 Å². The average molecular weight is 568 g/mol. The quantitative estimate of drug-likeness (QED) is 0.536. The van der Waals surface area contributed by atoms with E-state index >= 15 is 8.78 Å². The van der Waals surface area contributed by atoms with Crippen LogP contribution in [-0.4, -0.2) is 74.5 Å². The van der Waals surface area contributed by atoms with E-state index in [1.54, 1.807) is 33.8 Å². The Balaban J connectivity index is 1.54. The van der Waals surface area contributed by atoms with Crippen molar-refractivity contribution in [2.75, 3.05) is 42.6 Å². The molecule has 2 aromatic carbocycles. The summed E-state index contributed by atoms with van der Waals surface area (Å²) in [6, 6.07) is 5.62. The number of rotatable bonds is 5. The van der Waals surface area contributed by atoms with Crippen LogP contribution >= 0.6 is 0 Å². The van der Waals surface area contributed by atoms with Gasteiger partial charge in [-0.3, -0.25) is 9.45 Å². The van der Waals surface area contributed by atoms with Gasteiger partial charge in [-0.1, -0.05) is 17.7 Å². The van der Waals surface area contributed by atoms with Gasteiger partial charge in [-0.05, 0) is 45.7 Å². The number of benzene rings is 2. The van der Waals surface area contributed by atoms with Crippen LogP contribution in [-0.2, 0) is 26.0 Å². The van der Waals surface area contributed by atoms with E-state index in [2.05, 4.69) is 0 Å². The molecule has 2 aliphatic rings. The van der Waals surface area contributed by atoms with Crippen molar-refractivity contribution >= 4 is 33.7 Å². The molecular weight excluding hydrogens is 536 g/mol. The monoisotopic (exact) mass is 567 g/mol. The summed E-state index contributed by atoms with van der Waals surface area (Å²) in [4.78, 5) is 28.6. The summed E-state index contributed by atoms with van der Waals surface area (Å²) in [6.45, 7) is 7.62. The van der Waals surface area contributed by atoms with E-state index in [0.717, 1.165) is 22.6 Å². The summed E-state index contributed by atoms with van der Waals surface area (Å²) in [5, 5.41) is 0. The highest BCUT2D eigenvalue weighted by Gasteiger charge is 2.37. The molecule has 0 bridgehead atoms. The van der Waals surface area contributed by atoms with Gasteiger partial charge in [0, 0.05) is 38.3 Å². The van der Waals surface area contributed by atoms with E-state index in [9.17, 15) is 22.6 Å². The molecule has 0 aliphatic carbocycles. The second-order valence-corrected chi connectivity index (χ2v) is 12.0. The van der Waals surface area contributed by atoms with E-state index in [1.807, 2.05) is 0 Å². The first-order valence-electron chi connectivity index (χ1n) is 12.4. The lowest BCUT2D eigenvalue weighted by Crippen LogP contribution is -2.50. The number of ether oxygens (including phenoxy) is 2. The number of carbonyl (C=O) groups excluding carboxylic acids is 2. The molecular formula is C26H31F2N3O7S. The molecule has 0 saturated carbocycles. The van der Waals surface area contributed by atoms with Crippen molar-refractivity contribution in [2.45, 2.75) is 50.7 Å². The first-order valence-corrected chi connectivity index (χ1v) is 13.8. The molecule has 2 aliphatic heterocycles. The molecule has 10 nitrogen and oxygen atoms in total. The van der Waals surface area contributed by atoms with E-state index in [4.69, 9.17) is 9.47 Å². The van der Waals surface area contributed by atoms with Crippen LogP contribution in [0.1, 0.15) is 31.9 Å². The van der Waals surface area contributed by atoms with Crippen molar-refractivity contribution in [1.82, 2.24) is 4.90 Å². The van der Waals surface area contributed by atoms with Crippen LogP contribution < -0.4 is 9.80 Å². The molecule has 0 spiro atoms. The normalized spacial score (nSPS) is 18.4. The topological polar surface area (TPSA) is 117 Å². The summed E-state index contributed by atoms with van der Waals surface area (Å²) in [5.74, 6) is -1.80. The third kappa shape index (κ3) is 6.41. The molecule has 0 radical (unpaired) electrons. The molecule has 212 valence electrons. The predicted molar refractivity (Wildman–Crippen MR) is 139 cm³/mol. The Morgan fingerprint density at radius 2 is 1.72 bits per heavy atom. The Morgan fingerprint density at radius 1 is 1.10 bits per heavy atom. The molecule has 2 amide bonds. The lowest BCUT2D eigenvalue weighted by atomic mass is 10.0. The minimum absolute atomic E-state index is 0.0415. The van der Waals surface area contributed by atoms with Crippen molar-refractivity contribution in [3.8, 4) is 0 Å². The molecule has 2 fully saturated rings. The highest BCUT2D eigenvalue weighted by Crippen LogP contribution is 2.34. The largest absolute Gasteiger partial charge is 0.447 e. The van der Waals surface area contributed by atoms with Gasteiger partial charge in [0.15, 0.2) is 11.6 Å². The van der Waals surface area contributed by atoms with Crippen LogP contribution in [0.15, 0.2) is 35.2 Å². The van der Waals surface area contributed by atoms with Gasteiger partial charge in [0.25, 0.3) is 10.1 Å². The first kappa shape index (κ1) is 28.6. The number of hydrogen-bond donors (Lipinski definition) is 1. The zero-order chi connectivity index (χ0) is 28.7. The SMILES string of the molecule is Cc1ccc(S(=O)(=O)O)c(CC2COC(=O)N2c2cc(F)c(N3CCN(C(=O)OC(C)(C)C)CC3)c(F)c2)c1. The fourth-order valence-corrected chi connectivity index (χ4v) is 5.45. The van der Waals surface area contributed by atoms with Gasteiger partial charge in [-0.25, -0.2) is 18.4 Å². The molecule has 1 N–H and O–H groups in total. The number of hydrogen-bond acceptors (Lipinski definition) is 7. The van der Waals surface area contributed by atoms with Crippen molar-refractivity contribution in [1.29, 1.82) is 0 Å². The van der Waals surface area contributed by atoms with Crippen molar-refractivity contribution in [3.63, 3.8) is 0 Å². The van der Waals surface area contributed by atoms with Crippen molar-refractivity contribution in [2.24, 2.45) is 0 Å². The molecule has 1 atom stereocenters. The van der Waals surface area contributed by atoms with Gasteiger partial charge in [-0.15, -0.1) is 0 Å². The standard InChI is InChI=1S/C26H31F2N3O7S/c1-16-5-6-22(39(34,35)36)17(11-16)12-19-15-37-25(33)31(19)18-13-20(27)23(21(28)14-18)29-7-9-30(10-8-29)24(32)38-26(2,3)4/h5-6,11,13-14,19H,7-10,12,15H2,1-4H3,(H,34,35,36). The Labute approximate surface area is 225 Å². The zero-order valence-corrected chi connectivity index (χ0v) is 22.9. The first-order chi connectivity index (χ1) is 18.1. The van der Waals surface area contributed by atoms with E-state index in [0.29, 0.717) is 0 Å². The smallest absolute Gasteiger partial charge is 0.414 e. The van der Waals surface area contributed by atoms with E-state index < -0.39 is 45.6 Å². The second-order valence-electron chi connectivity index (χ2n) is 10.6. The van der Waals surface area contributed by atoms with Gasteiger partial charge >= 0.3 is 12.2 Å².